The van der Waals surface area contributed by atoms with E-state index in [2.05, 4.69) is 4.72 Å². The fraction of sp³-hybridized carbons (Fsp3) is 1.00. The van der Waals surface area contributed by atoms with E-state index in [0.29, 0.717) is 13.1 Å². The molecule has 7 heteroatoms. The number of morpholine rings is 1. The topological polar surface area (TPSA) is 67.9 Å². The SMILES string of the molecule is CC1CN(S(=O)(=O)NC(C)C2CCCO2)CC(C)O1. The standard InChI is InChI=1S/C12H24N2O4S/c1-9-7-14(8-10(2)18-9)19(15,16)13-11(3)12-5-4-6-17-12/h9-13H,4-8H2,1-3H3. The van der Waals surface area contributed by atoms with E-state index >= 15 is 0 Å². The van der Waals surface area contributed by atoms with Crippen molar-refractivity contribution >= 4 is 10.2 Å². The second-order valence-corrected chi connectivity index (χ2v) is 7.24. The quantitative estimate of drug-likeness (QED) is 0.819. The smallest absolute Gasteiger partial charge is 0.279 e. The molecule has 4 unspecified atom stereocenters. The maximum atomic E-state index is 12.3. The Morgan fingerprint density at radius 2 is 1.89 bits per heavy atom. The predicted molar refractivity (Wildman–Crippen MR) is 72.1 cm³/mol. The molecule has 112 valence electrons. The first-order chi connectivity index (χ1) is 8.88. The van der Waals surface area contributed by atoms with Crippen molar-refractivity contribution in [3.8, 4) is 0 Å². The van der Waals surface area contributed by atoms with E-state index in [-0.39, 0.29) is 24.4 Å². The number of hydrogen-bond donors (Lipinski definition) is 1. The molecule has 1 N–H and O–H groups in total. The Hall–Kier alpha value is -0.210. The molecule has 4 atom stereocenters. The maximum Gasteiger partial charge on any atom is 0.279 e. The minimum Gasteiger partial charge on any atom is -0.377 e. The summed E-state index contributed by atoms with van der Waals surface area (Å²) < 4.78 is 40.0. The Labute approximate surface area is 115 Å². The summed E-state index contributed by atoms with van der Waals surface area (Å²) >= 11 is 0. The second-order valence-electron chi connectivity index (χ2n) is 5.54. The highest BCUT2D eigenvalue weighted by atomic mass is 32.2. The fourth-order valence-electron chi connectivity index (χ4n) is 2.71. The summed E-state index contributed by atoms with van der Waals surface area (Å²) in [6.45, 7) is 7.17. The maximum absolute atomic E-state index is 12.3. The molecule has 0 saturated carbocycles. The molecular formula is C12H24N2O4S. The minimum atomic E-state index is -3.46. The average molecular weight is 292 g/mol. The lowest BCUT2D eigenvalue weighted by Gasteiger charge is -2.35. The van der Waals surface area contributed by atoms with Gasteiger partial charge < -0.3 is 9.47 Å². The number of nitrogens with one attached hydrogen (secondary N) is 1. The van der Waals surface area contributed by atoms with Crippen LogP contribution in [-0.4, -0.2) is 56.8 Å². The molecule has 2 fully saturated rings. The van der Waals surface area contributed by atoms with Crippen molar-refractivity contribution in [3.05, 3.63) is 0 Å². The Bertz CT molecular complexity index is 385. The Balaban J connectivity index is 1.97. The fourth-order valence-corrected chi connectivity index (χ4v) is 4.29. The van der Waals surface area contributed by atoms with Crippen LogP contribution in [-0.2, 0) is 19.7 Å². The van der Waals surface area contributed by atoms with Crippen LogP contribution in [0.5, 0.6) is 0 Å². The molecule has 0 bridgehead atoms. The van der Waals surface area contributed by atoms with Crippen LogP contribution in [0.25, 0.3) is 0 Å². The molecule has 0 radical (unpaired) electrons. The van der Waals surface area contributed by atoms with Crippen molar-refractivity contribution in [2.45, 2.75) is 58.0 Å². The Kier molecular flexibility index (Phi) is 4.84. The van der Waals surface area contributed by atoms with Gasteiger partial charge in [-0.25, -0.2) is 0 Å². The van der Waals surface area contributed by atoms with Gasteiger partial charge in [0, 0.05) is 25.7 Å². The monoisotopic (exact) mass is 292 g/mol. The summed E-state index contributed by atoms with van der Waals surface area (Å²) in [6.07, 6.45) is 1.77. The van der Waals surface area contributed by atoms with Crippen molar-refractivity contribution in [2.24, 2.45) is 0 Å². The molecule has 0 aliphatic carbocycles. The molecule has 2 heterocycles. The molecule has 6 nitrogen and oxygen atoms in total. The van der Waals surface area contributed by atoms with Crippen LogP contribution in [0.15, 0.2) is 0 Å². The van der Waals surface area contributed by atoms with Gasteiger partial charge in [-0.15, -0.1) is 0 Å². The molecule has 2 aliphatic rings. The van der Waals surface area contributed by atoms with Gasteiger partial charge in [0.1, 0.15) is 0 Å². The third kappa shape index (κ3) is 3.88. The number of rotatable bonds is 4. The van der Waals surface area contributed by atoms with Gasteiger partial charge in [-0.05, 0) is 33.6 Å². The van der Waals surface area contributed by atoms with Crippen LogP contribution >= 0.6 is 0 Å². The molecule has 2 rings (SSSR count). The second kappa shape index (κ2) is 6.05. The lowest BCUT2D eigenvalue weighted by molar-refractivity contribution is -0.0446. The highest BCUT2D eigenvalue weighted by Gasteiger charge is 2.34. The highest BCUT2D eigenvalue weighted by Crippen LogP contribution is 2.18. The van der Waals surface area contributed by atoms with Crippen molar-refractivity contribution in [2.75, 3.05) is 19.7 Å². The van der Waals surface area contributed by atoms with Gasteiger partial charge in [-0.3, -0.25) is 0 Å². The van der Waals surface area contributed by atoms with E-state index in [4.69, 9.17) is 9.47 Å². The van der Waals surface area contributed by atoms with Crippen LogP contribution in [0, 0.1) is 0 Å². The van der Waals surface area contributed by atoms with E-state index in [1.165, 1.54) is 4.31 Å². The molecular weight excluding hydrogens is 268 g/mol. The normalized spacial score (nSPS) is 35.4. The van der Waals surface area contributed by atoms with Crippen molar-refractivity contribution in [3.63, 3.8) is 0 Å². The van der Waals surface area contributed by atoms with Gasteiger partial charge in [0.15, 0.2) is 0 Å². The van der Waals surface area contributed by atoms with Gasteiger partial charge >= 0.3 is 0 Å². The molecule has 0 amide bonds. The number of hydrogen-bond acceptors (Lipinski definition) is 4. The van der Waals surface area contributed by atoms with Crippen LogP contribution in [0.1, 0.15) is 33.6 Å². The summed E-state index contributed by atoms with van der Waals surface area (Å²) in [4.78, 5) is 0. The van der Waals surface area contributed by atoms with Crippen molar-refractivity contribution < 1.29 is 17.9 Å². The Morgan fingerprint density at radius 3 is 2.42 bits per heavy atom. The largest absolute Gasteiger partial charge is 0.377 e. The molecule has 0 spiro atoms. The zero-order valence-corrected chi connectivity index (χ0v) is 12.6. The molecule has 19 heavy (non-hydrogen) atoms. The molecule has 0 aromatic heterocycles. The molecule has 0 aromatic carbocycles. The third-order valence-electron chi connectivity index (χ3n) is 3.58. The van der Waals surface area contributed by atoms with Crippen LogP contribution < -0.4 is 4.72 Å². The molecule has 2 aliphatic heterocycles. The number of nitrogens with zero attached hydrogens (tertiary/aromatic N) is 1. The predicted octanol–water partition coefficient (Wildman–Crippen LogP) is 0.498. The van der Waals surface area contributed by atoms with Gasteiger partial charge in [-0.1, -0.05) is 0 Å². The van der Waals surface area contributed by atoms with Crippen LogP contribution in [0.2, 0.25) is 0 Å². The van der Waals surface area contributed by atoms with E-state index in [1.807, 2.05) is 20.8 Å². The van der Waals surface area contributed by atoms with Gasteiger partial charge in [0.25, 0.3) is 10.2 Å². The Morgan fingerprint density at radius 1 is 1.26 bits per heavy atom. The lowest BCUT2D eigenvalue weighted by atomic mass is 10.1. The zero-order chi connectivity index (χ0) is 14.0. The first-order valence-electron chi connectivity index (χ1n) is 6.93. The molecule has 0 aromatic rings. The highest BCUT2D eigenvalue weighted by molar-refractivity contribution is 7.87. The first kappa shape index (κ1) is 15.2. The van der Waals surface area contributed by atoms with Crippen molar-refractivity contribution in [1.29, 1.82) is 0 Å². The first-order valence-corrected chi connectivity index (χ1v) is 8.37. The van der Waals surface area contributed by atoms with E-state index < -0.39 is 10.2 Å². The molecule has 2 saturated heterocycles. The van der Waals surface area contributed by atoms with E-state index in [0.717, 1.165) is 19.4 Å². The van der Waals surface area contributed by atoms with E-state index in [1.54, 1.807) is 0 Å². The third-order valence-corrected chi connectivity index (χ3v) is 5.23. The summed E-state index contributed by atoms with van der Waals surface area (Å²) in [6, 6.07) is -0.194. The van der Waals surface area contributed by atoms with Crippen LogP contribution in [0.4, 0.5) is 0 Å². The summed E-state index contributed by atoms with van der Waals surface area (Å²) in [5.41, 5.74) is 0. The van der Waals surface area contributed by atoms with Crippen LogP contribution in [0.3, 0.4) is 0 Å². The lowest BCUT2D eigenvalue weighted by Crippen LogP contribution is -2.54. The summed E-state index contributed by atoms with van der Waals surface area (Å²) in [7, 11) is -3.46. The zero-order valence-electron chi connectivity index (χ0n) is 11.8. The summed E-state index contributed by atoms with van der Waals surface area (Å²) in [5.74, 6) is 0. The van der Waals surface area contributed by atoms with Gasteiger partial charge in [0.2, 0.25) is 0 Å². The minimum absolute atomic E-state index is 0.00865. The summed E-state index contributed by atoms with van der Waals surface area (Å²) in [5, 5.41) is 0. The van der Waals surface area contributed by atoms with Gasteiger partial charge in [0.05, 0.1) is 18.3 Å². The van der Waals surface area contributed by atoms with Gasteiger partial charge in [-0.2, -0.15) is 17.4 Å². The van der Waals surface area contributed by atoms with E-state index in [9.17, 15) is 8.42 Å². The van der Waals surface area contributed by atoms with Crippen molar-refractivity contribution in [1.82, 2.24) is 9.03 Å². The number of ether oxygens (including phenoxy) is 2. The average Bonchev–Trinajstić information content (AvgIpc) is 2.80.